The Morgan fingerprint density at radius 1 is 1.19 bits per heavy atom. The molecule has 90 valence electrons. The molecule has 0 aliphatic heterocycles. The van der Waals surface area contributed by atoms with E-state index >= 15 is 0 Å². The van der Waals surface area contributed by atoms with E-state index in [0.29, 0.717) is 6.07 Å². The van der Waals surface area contributed by atoms with Gasteiger partial charge in [-0.2, -0.15) is 31.6 Å². The number of carboxylic acids is 1. The van der Waals surface area contributed by atoms with Crippen molar-refractivity contribution in [3.63, 3.8) is 0 Å². The minimum absolute atomic E-state index is 0.675. The van der Waals surface area contributed by atoms with Crippen LogP contribution in [0.2, 0.25) is 0 Å². The maximum Gasteiger partial charge on any atom is 0.403 e. The van der Waals surface area contributed by atoms with Crippen LogP contribution in [-0.4, -0.2) is 18.3 Å². The zero-order chi connectivity index (χ0) is 13.1. The summed E-state index contributed by atoms with van der Waals surface area (Å²) in [5.74, 6) is -6.41. The number of alkyl halides is 6. The Bertz CT molecular complexity index is 333. The van der Waals surface area contributed by atoms with Gasteiger partial charge in [0, 0.05) is 0 Å². The highest BCUT2D eigenvalue weighted by molar-refractivity contribution is 5.89. The Hall–Kier alpha value is -1.72. The van der Waals surface area contributed by atoms with E-state index in [1.165, 1.54) is 0 Å². The maximum absolute atomic E-state index is 11.9. The summed E-state index contributed by atoms with van der Waals surface area (Å²) in [6.45, 7) is 0. The standard InChI is InChI=1S/C7H3F6NO2/c8-6(9,10)4(7(11,12)13)1-3(2-14)5(15)16/h1,4H,(H,15,16)/p-1. The van der Waals surface area contributed by atoms with Crippen molar-refractivity contribution in [2.75, 3.05) is 0 Å². The summed E-state index contributed by atoms with van der Waals surface area (Å²) in [6.07, 6.45) is -12.2. The van der Waals surface area contributed by atoms with Crippen LogP contribution < -0.4 is 5.11 Å². The number of aliphatic carboxylic acids is 1. The van der Waals surface area contributed by atoms with Crippen LogP contribution >= 0.6 is 0 Å². The highest BCUT2D eigenvalue weighted by Crippen LogP contribution is 2.40. The van der Waals surface area contributed by atoms with Gasteiger partial charge in [0.25, 0.3) is 0 Å². The van der Waals surface area contributed by atoms with E-state index in [1.54, 1.807) is 0 Å². The van der Waals surface area contributed by atoms with Crippen molar-refractivity contribution in [1.29, 1.82) is 5.26 Å². The van der Waals surface area contributed by atoms with E-state index in [9.17, 15) is 36.2 Å². The molecule has 0 saturated carbocycles. The zero-order valence-corrected chi connectivity index (χ0v) is 7.19. The summed E-state index contributed by atoms with van der Waals surface area (Å²) in [6, 6.07) is 0.675. The second-order valence-electron chi connectivity index (χ2n) is 2.54. The van der Waals surface area contributed by atoms with Crippen molar-refractivity contribution >= 4 is 5.97 Å². The van der Waals surface area contributed by atoms with Crippen molar-refractivity contribution in [3.8, 4) is 6.07 Å². The van der Waals surface area contributed by atoms with E-state index in [2.05, 4.69) is 0 Å². The van der Waals surface area contributed by atoms with E-state index in [-0.39, 0.29) is 0 Å². The molecule has 3 nitrogen and oxygen atoms in total. The number of nitrogens with zero attached hydrogens (tertiary/aromatic N) is 1. The van der Waals surface area contributed by atoms with Crippen molar-refractivity contribution in [2.24, 2.45) is 5.92 Å². The number of hydrogen-bond acceptors (Lipinski definition) is 3. The number of rotatable bonds is 2. The molecule has 0 saturated heterocycles. The van der Waals surface area contributed by atoms with Gasteiger partial charge < -0.3 is 9.90 Å². The predicted octanol–water partition coefficient (Wildman–Crippen LogP) is 0.927. The number of carboxylic acid groups (broad SMARTS) is 1. The predicted molar refractivity (Wildman–Crippen MR) is 34.3 cm³/mol. The van der Waals surface area contributed by atoms with Crippen LogP contribution in [0.5, 0.6) is 0 Å². The fraction of sp³-hybridized carbons (Fsp3) is 0.429. The molecule has 0 heterocycles. The average Bonchev–Trinajstić information content (AvgIpc) is 1.99. The first kappa shape index (κ1) is 14.3. The molecule has 0 N–H and O–H groups in total. The van der Waals surface area contributed by atoms with Gasteiger partial charge in [-0.3, -0.25) is 0 Å². The number of halogens is 6. The SMILES string of the molecule is N#CC(=CC(C(F)(F)F)C(F)(F)F)C(=O)[O-]. The number of nitriles is 1. The Labute approximate surface area is 84.6 Å². The van der Waals surface area contributed by atoms with Gasteiger partial charge >= 0.3 is 12.4 Å². The molecule has 0 spiro atoms. The lowest BCUT2D eigenvalue weighted by molar-refractivity contribution is -0.298. The Kier molecular flexibility index (Phi) is 3.95. The van der Waals surface area contributed by atoms with Crippen LogP contribution in [0.15, 0.2) is 11.6 Å². The van der Waals surface area contributed by atoms with Crippen LogP contribution in [0.1, 0.15) is 0 Å². The topological polar surface area (TPSA) is 63.9 Å². The Balaban J connectivity index is 5.43. The molecule has 0 fully saturated rings. The Morgan fingerprint density at radius 3 is 1.75 bits per heavy atom. The maximum atomic E-state index is 11.9. The third-order valence-electron chi connectivity index (χ3n) is 1.38. The first-order valence-electron chi connectivity index (χ1n) is 3.47. The average molecular weight is 246 g/mol. The number of carbonyl (C=O) groups excluding carboxylic acids is 1. The third-order valence-corrected chi connectivity index (χ3v) is 1.38. The van der Waals surface area contributed by atoms with Gasteiger partial charge in [-0.15, -0.1) is 0 Å². The number of hydrogen-bond donors (Lipinski definition) is 0. The Morgan fingerprint density at radius 2 is 1.56 bits per heavy atom. The van der Waals surface area contributed by atoms with Crippen LogP contribution in [0.3, 0.4) is 0 Å². The molecular weight excluding hydrogens is 244 g/mol. The monoisotopic (exact) mass is 246 g/mol. The summed E-state index contributed by atoms with van der Waals surface area (Å²) >= 11 is 0. The van der Waals surface area contributed by atoms with Crippen LogP contribution in [0, 0.1) is 17.2 Å². The number of carbonyl (C=O) groups is 1. The van der Waals surface area contributed by atoms with E-state index in [4.69, 9.17) is 5.26 Å². The molecule has 0 aliphatic carbocycles. The van der Waals surface area contributed by atoms with Crippen LogP contribution in [0.25, 0.3) is 0 Å². The lowest BCUT2D eigenvalue weighted by atomic mass is 10.1. The molecule has 0 rings (SSSR count). The minimum atomic E-state index is -5.73. The van der Waals surface area contributed by atoms with Gasteiger partial charge in [0.15, 0.2) is 5.92 Å². The van der Waals surface area contributed by atoms with Crippen molar-refractivity contribution < 1.29 is 36.2 Å². The summed E-state index contributed by atoms with van der Waals surface area (Å²) in [4.78, 5) is 9.98. The molecule has 0 bridgehead atoms. The van der Waals surface area contributed by atoms with E-state index < -0.39 is 35.9 Å². The normalized spacial score (nSPS) is 13.8. The van der Waals surface area contributed by atoms with Crippen molar-refractivity contribution in [3.05, 3.63) is 11.6 Å². The third kappa shape index (κ3) is 3.80. The first-order chi connectivity index (χ1) is 7.00. The molecule has 0 aromatic heterocycles. The summed E-state index contributed by atoms with van der Waals surface area (Å²) in [7, 11) is 0. The molecule has 0 aliphatic rings. The van der Waals surface area contributed by atoms with Gasteiger partial charge in [-0.25, -0.2) is 0 Å². The molecular formula is C7H2F6NO2-. The van der Waals surface area contributed by atoms with E-state index in [1.807, 2.05) is 0 Å². The molecule has 0 atom stereocenters. The van der Waals surface area contributed by atoms with Gasteiger partial charge in [-0.1, -0.05) is 0 Å². The van der Waals surface area contributed by atoms with Gasteiger partial charge in [-0.05, 0) is 6.08 Å². The first-order valence-corrected chi connectivity index (χ1v) is 3.47. The molecule has 0 aromatic rings. The second kappa shape index (κ2) is 4.42. The fourth-order valence-corrected chi connectivity index (χ4v) is 0.692. The van der Waals surface area contributed by atoms with Crippen LogP contribution in [0.4, 0.5) is 26.3 Å². The minimum Gasteiger partial charge on any atom is -0.544 e. The fourth-order valence-electron chi connectivity index (χ4n) is 0.692. The number of allylic oxidation sites excluding steroid dienone is 1. The molecule has 0 amide bonds. The highest BCUT2D eigenvalue weighted by atomic mass is 19.4. The lowest BCUT2D eigenvalue weighted by Gasteiger charge is -2.20. The second-order valence-corrected chi connectivity index (χ2v) is 2.54. The van der Waals surface area contributed by atoms with Crippen LogP contribution in [-0.2, 0) is 4.79 Å². The highest BCUT2D eigenvalue weighted by Gasteiger charge is 2.55. The van der Waals surface area contributed by atoms with E-state index in [0.717, 1.165) is 0 Å². The smallest absolute Gasteiger partial charge is 0.403 e. The molecule has 16 heavy (non-hydrogen) atoms. The summed E-state index contributed by atoms with van der Waals surface area (Å²) in [5.41, 5.74) is -1.72. The summed E-state index contributed by atoms with van der Waals surface area (Å²) in [5, 5.41) is 18.0. The van der Waals surface area contributed by atoms with Gasteiger partial charge in [0.2, 0.25) is 0 Å². The van der Waals surface area contributed by atoms with Gasteiger partial charge in [0.05, 0.1) is 11.5 Å². The molecule has 0 unspecified atom stereocenters. The summed E-state index contributed by atoms with van der Waals surface area (Å²) < 4.78 is 71.3. The molecule has 0 radical (unpaired) electrons. The lowest BCUT2D eigenvalue weighted by Crippen LogP contribution is -2.36. The zero-order valence-electron chi connectivity index (χ0n) is 7.19. The largest absolute Gasteiger partial charge is 0.544 e. The molecule has 0 aromatic carbocycles. The van der Waals surface area contributed by atoms with Crippen molar-refractivity contribution in [1.82, 2.24) is 0 Å². The quantitative estimate of drug-likeness (QED) is 0.413. The van der Waals surface area contributed by atoms with Gasteiger partial charge in [0.1, 0.15) is 6.07 Å². The van der Waals surface area contributed by atoms with Crippen molar-refractivity contribution in [2.45, 2.75) is 12.4 Å². The molecule has 9 heteroatoms.